The summed E-state index contributed by atoms with van der Waals surface area (Å²) in [7, 11) is -1.87. The van der Waals surface area contributed by atoms with Crippen LogP contribution in [0.15, 0.2) is 12.7 Å². The third-order valence-electron chi connectivity index (χ3n) is 4.20. The Kier molecular flexibility index (Phi) is 5.25. The summed E-state index contributed by atoms with van der Waals surface area (Å²) in [6.45, 7) is 18.6. The number of rotatable bonds is 5. The molecule has 0 bridgehead atoms. The van der Waals surface area contributed by atoms with Crippen LogP contribution < -0.4 is 0 Å². The Morgan fingerprint density at radius 3 is 2.35 bits per heavy atom. The molecule has 0 radical (unpaired) electrons. The van der Waals surface area contributed by atoms with Crippen LogP contribution in [-0.2, 0) is 13.9 Å². The zero-order chi connectivity index (χ0) is 15.8. The second-order valence-electron chi connectivity index (χ2n) is 7.44. The van der Waals surface area contributed by atoms with Gasteiger partial charge in [0.05, 0.1) is 6.61 Å². The first-order valence-corrected chi connectivity index (χ1v) is 10.1. The third-order valence-corrected chi connectivity index (χ3v) is 8.70. The molecule has 20 heavy (non-hydrogen) atoms. The van der Waals surface area contributed by atoms with Gasteiger partial charge < -0.3 is 19.0 Å². The minimum atomic E-state index is -1.87. The molecule has 0 aromatic carbocycles. The fraction of sp³-hybridized carbons (Fsp3) is 0.867. The molecule has 1 N–H and O–H groups in total. The molecule has 0 aromatic rings. The molecule has 5 heteroatoms. The van der Waals surface area contributed by atoms with Crippen LogP contribution in [0, 0.1) is 0 Å². The Labute approximate surface area is 124 Å². The van der Waals surface area contributed by atoms with E-state index in [0.29, 0.717) is 0 Å². The smallest absolute Gasteiger partial charge is 0.192 e. The van der Waals surface area contributed by atoms with E-state index < -0.39 is 26.3 Å². The molecule has 0 unspecified atom stereocenters. The van der Waals surface area contributed by atoms with Crippen molar-refractivity contribution in [3.8, 4) is 0 Å². The van der Waals surface area contributed by atoms with Crippen LogP contribution in [0.5, 0.6) is 0 Å². The van der Waals surface area contributed by atoms with Crippen molar-refractivity contribution in [2.24, 2.45) is 0 Å². The quantitative estimate of drug-likeness (QED) is 0.626. The van der Waals surface area contributed by atoms with Crippen molar-refractivity contribution in [1.82, 2.24) is 0 Å². The van der Waals surface area contributed by atoms with E-state index in [1.54, 1.807) is 6.08 Å². The molecule has 1 aliphatic heterocycles. The van der Waals surface area contributed by atoms with Crippen LogP contribution in [0.3, 0.4) is 0 Å². The van der Waals surface area contributed by atoms with Gasteiger partial charge in [-0.2, -0.15) is 0 Å². The molecule has 0 saturated carbocycles. The maximum atomic E-state index is 10.4. The summed E-state index contributed by atoms with van der Waals surface area (Å²) in [6, 6.07) is 0. The highest BCUT2D eigenvalue weighted by molar-refractivity contribution is 6.74. The highest BCUT2D eigenvalue weighted by Crippen LogP contribution is 2.37. The molecule has 4 nitrogen and oxygen atoms in total. The minimum Gasteiger partial charge on any atom is -0.414 e. The molecule has 1 rings (SSSR count). The summed E-state index contributed by atoms with van der Waals surface area (Å²) >= 11 is 0. The van der Waals surface area contributed by atoms with Crippen molar-refractivity contribution < 1.29 is 19.0 Å². The van der Waals surface area contributed by atoms with E-state index in [0.717, 1.165) is 0 Å². The molecule has 118 valence electrons. The molecule has 0 amide bonds. The van der Waals surface area contributed by atoms with Gasteiger partial charge in [-0.05, 0) is 32.0 Å². The molecule has 1 saturated heterocycles. The van der Waals surface area contributed by atoms with E-state index in [4.69, 9.17) is 13.9 Å². The number of hydrogen-bond acceptors (Lipinski definition) is 4. The molecule has 1 aliphatic rings. The molecule has 0 aromatic heterocycles. The van der Waals surface area contributed by atoms with Crippen LogP contribution in [0.1, 0.15) is 34.6 Å². The number of aliphatic hydroxyl groups excluding tert-OH is 1. The van der Waals surface area contributed by atoms with Gasteiger partial charge in [0, 0.05) is 0 Å². The van der Waals surface area contributed by atoms with Crippen molar-refractivity contribution in [2.75, 3.05) is 6.61 Å². The SMILES string of the molecule is C=C[C@H]1OC(C)(C)O[C@H]1[C@@H](O)CO[Si](C)(C)C(C)(C)C. The van der Waals surface area contributed by atoms with Gasteiger partial charge in [0.15, 0.2) is 14.1 Å². The Morgan fingerprint density at radius 2 is 1.90 bits per heavy atom. The summed E-state index contributed by atoms with van der Waals surface area (Å²) in [5.41, 5.74) is 0. The predicted octanol–water partition coefficient (Wildman–Crippen LogP) is 3.08. The second-order valence-corrected chi connectivity index (χ2v) is 12.2. The first-order chi connectivity index (χ1) is 8.89. The van der Waals surface area contributed by atoms with Gasteiger partial charge in [-0.3, -0.25) is 0 Å². The van der Waals surface area contributed by atoms with Crippen molar-refractivity contribution >= 4 is 8.32 Å². The zero-order valence-corrected chi connectivity index (χ0v) is 14.9. The fourth-order valence-electron chi connectivity index (χ4n) is 1.90. The minimum absolute atomic E-state index is 0.122. The second kappa shape index (κ2) is 5.89. The van der Waals surface area contributed by atoms with Crippen LogP contribution >= 0.6 is 0 Å². The van der Waals surface area contributed by atoms with Gasteiger partial charge in [-0.25, -0.2) is 0 Å². The van der Waals surface area contributed by atoms with Gasteiger partial charge in [0.25, 0.3) is 0 Å². The van der Waals surface area contributed by atoms with E-state index >= 15 is 0 Å². The first kappa shape index (κ1) is 17.8. The Balaban J connectivity index is 2.63. The first-order valence-electron chi connectivity index (χ1n) is 7.20. The van der Waals surface area contributed by atoms with Crippen molar-refractivity contribution in [1.29, 1.82) is 0 Å². The topological polar surface area (TPSA) is 47.9 Å². The number of ether oxygens (including phenoxy) is 2. The molecule has 1 heterocycles. The predicted molar refractivity (Wildman–Crippen MR) is 83.2 cm³/mol. The van der Waals surface area contributed by atoms with Crippen molar-refractivity contribution in [3.63, 3.8) is 0 Å². The summed E-state index contributed by atoms with van der Waals surface area (Å²) < 4.78 is 17.5. The number of aliphatic hydroxyl groups is 1. The lowest BCUT2D eigenvalue weighted by Crippen LogP contribution is -2.46. The third kappa shape index (κ3) is 4.15. The van der Waals surface area contributed by atoms with Gasteiger partial charge in [-0.15, -0.1) is 6.58 Å². The van der Waals surface area contributed by atoms with E-state index in [1.165, 1.54) is 0 Å². The Morgan fingerprint density at radius 1 is 1.35 bits per heavy atom. The van der Waals surface area contributed by atoms with E-state index in [9.17, 15) is 5.11 Å². The van der Waals surface area contributed by atoms with E-state index in [2.05, 4.69) is 40.4 Å². The molecular formula is C15H30O4Si. The lowest BCUT2D eigenvalue weighted by molar-refractivity contribution is -0.155. The molecule has 0 spiro atoms. The lowest BCUT2D eigenvalue weighted by Gasteiger charge is -2.37. The highest BCUT2D eigenvalue weighted by atomic mass is 28.4. The van der Waals surface area contributed by atoms with Crippen LogP contribution in [-0.4, -0.2) is 44.1 Å². The lowest BCUT2D eigenvalue weighted by atomic mass is 10.1. The zero-order valence-electron chi connectivity index (χ0n) is 13.9. The van der Waals surface area contributed by atoms with Gasteiger partial charge in [-0.1, -0.05) is 26.8 Å². The maximum absolute atomic E-state index is 10.4. The van der Waals surface area contributed by atoms with Crippen LogP contribution in [0.4, 0.5) is 0 Å². The van der Waals surface area contributed by atoms with Gasteiger partial charge >= 0.3 is 0 Å². The van der Waals surface area contributed by atoms with Gasteiger partial charge in [0.1, 0.15) is 18.3 Å². The van der Waals surface area contributed by atoms with E-state index in [1.807, 2.05) is 13.8 Å². The average molecular weight is 302 g/mol. The number of hydrogen-bond donors (Lipinski definition) is 1. The Bertz CT molecular complexity index is 346. The molecule has 3 atom stereocenters. The standard InChI is InChI=1S/C15H30O4Si/c1-9-12-13(19-15(5,6)18-12)11(16)10-17-20(7,8)14(2,3)4/h9,11-13,16H,1,10H2,2-8H3/t11-,12+,13-/m0/s1. The highest BCUT2D eigenvalue weighted by Gasteiger charge is 2.44. The van der Waals surface area contributed by atoms with Gasteiger partial charge in [0.2, 0.25) is 0 Å². The molecule has 0 aliphatic carbocycles. The van der Waals surface area contributed by atoms with Crippen molar-refractivity contribution in [2.45, 2.75) is 76.8 Å². The summed E-state index contributed by atoms with van der Waals surface area (Å²) in [5, 5.41) is 10.5. The average Bonchev–Trinajstić information content (AvgIpc) is 2.60. The Hall–Kier alpha value is -0.203. The summed E-state index contributed by atoms with van der Waals surface area (Å²) in [5.74, 6) is -0.693. The van der Waals surface area contributed by atoms with Crippen LogP contribution in [0.2, 0.25) is 18.1 Å². The fourth-order valence-corrected chi connectivity index (χ4v) is 2.92. The maximum Gasteiger partial charge on any atom is 0.192 e. The largest absolute Gasteiger partial charge is 0.414 e. The molecular weight excluding hydrogens is 272 g/mol. The van der Waals surface area contributed by atoms with Crippen molar-refractivity contribution in [3.05, 3.63) is 12.7 Å². The summed E-state index contributed by atoms with van der Waals surface area (Å²) in [6.07, 6.45) is 0.235. The summed E-state index contributed by atoms with van der Waals surface area (Å²) in [4.78, 5) is 0. The normalized spacial score (nSPS) is 28.4. The van der Waals surface area contributed by atoms with E-state index in [-0.39, 0.29) is 17.7 Å². The monoisotopic (exact) mass is 302 g/mol. The molecule has 1 fully saturated rings. The van der Waals surface area contributed by atoms with Crippen LogP contribution in [0.25, 0.3) is 0 Å².